The number of para-hydroxylation sites is 1. The van der Waals surface area contributed by atoms with Crippen molar-refractivity contribution in [1.82, 2.24) is 0 Å². The normalized spacial score (nSPS) is 11.1. The largest absolute Gasteiger partial charge is 0.450 e. The molecule has 30 heavy (non-hydrogen) atoms. The first-order valence-corrected chi connectivity index (χ1v) is 9.46. The van der Waals surface area contributed by atoms with Crippen molar-refractivity contribution in [3.05, 3.63) is 107 Å². The van der Waals surface area contributed by atoms with Crippen molar-refractivity contribution < 1.29 is 18.4 Å². The van der Waals surface area contributed by atoms with E-state index < -0.39 is 17.5 Å². The molecule has 0 aliphatic rings. The van der Waals surface area contributed by atoms with Gasteiger partial charge in [0.05, 0.1) is 5.69 Å². The molecule has 3 aromatic carbocycles. The van der Waals surface area contributed by atoms with E-state index in [9.17, 15) is 14.0 Å². The molecule has 148 valence electrons. The highest BCUT2D eigenvalue weighted by molar-refractivity contribution is 6.32. The molecular weight excluding hydrogens is 405 g/mol. The van der Waals surface area contributed by atoms with Crippen LogP contribution in [0.15, 0.2) is 83.3 Å². The number of anilines is 1. The van der Waals surface area contributed by atoms with Crippen molar-refractivity contribution in [2.45, 2.75) is 0 Å². The number of furan rings is 1. The van der Waals surface area contributed by atoms with Crippen LogP contribution in [0.5, 0.6) is 0 Å². The lowest BCUT2D eigenvalue weighted by atomic mass is 10.1. The van der Waals surface area contributed by atoms with Crippen molar-refractivity contribution in [1.29, 1.82) is 0 Å². The fraction of sp³-hybridized carbons (Fsp3) is 0. The molecule has 0 fully saturated rings. The van der Waals surface area contributed by atoms with Crippen LogP contribution >= 0.6 is 11.6 Å². The highest BCUT2D eigenvalue weighted by atomic mass is 35.5. The highest BCUT2D eigenvalue weighted by Crippen LogP contribution is 2.32. The van der Waals surface area contributed by atoms with Crippen LogP contribution < -0.4 is 5.32 Å². The van der Waals surface area contributed by atoms with Crippen LogP contribution in [0.1, 0.15) is 21.7 Å². The fourth-order valence-corrected chi connectivity index (χ4v) is 3.20. The van der Waals surface area contributed by atoms with E-state index in [0.717, 1.165) is 0 Å². The van der Waals surface area contributed by atoms with Gasteiger partial charge in [-0.15, -0.1) is 0 Å². The molecule has 4 aromatic rings. The molecule has 0 saturated heterocycles. The summed E-state index contributed by atoms with van der Waals surface area (Å²) in [6.07, 6.45) is 2.91. The number of carbonyl (C=O) groups excluding carboxylic acids is 2. The Morgan fingerprint density at radius 2 is 1.63 bits per heavy atom. The number of halogens is 2. The van der Waals surface area contributed by atoms with Crippen LogP contribution in [-0.4, -0.2) is 11.7 Å². The van der Waals surface area contributed by atoms with Gasteiger partial charge in [-0.05, 0) is 54.1 Å². The third kappa shape index (κ3) is 4.02. The Balaban J connectivity index is 1.68. The molecule has 6 heteroatoms. The summed E-state index contributed by atoms with van der Waals surface area (Å²) in [6, 6.07) is 19.2. The lowest BCUT2D eigenvalue weighted by molar-refractivity contribution is -0.111. The summed E-state index contributed by atoms with van der Waals surface area (Å²) in [5, 5.41) is 3.83. The zero-order chi connectivity index (χ0) is 21.1. The lowest BCUT2D eigenvalue weighted by Gasteiger charge is -2.04. The van der Waals surface area contributed by atoms with Crippen molar-refractivity contribution >= 4 is 46.0 Å². The molecule has 1 N–H and O–H groups in total. The molecule has 0 spiro atoms. The molecule has 4 rings (SSSR count). The summed E-state index contributed by atoms with van der Waals surface area (Å²) in [7, 11) is 0. The standard InChI is InChI=1S/C24H15ClFNO3/c25-19-7-3-1-5-15(19)11-14-21(28)27-22-18-6-2-4-8-20(18)30-24(22)23(29)16-9-12-17(26)13-10-16/h1-14H,(H,27,28)/b14-11+. The molecular formula is C24H15ClFNO3. The predicted octanol–water partition coefficient (Wildman–Crippen LogP) is 6.11. The fourth-order valence-electron chi connectivity index (χ4n) is 3.00. The van der Waals surface area contributed by atoms with E-state index in [0.29, 0.717) is 21.6 Å². The second kappa shape index (κ2) is 8.35. The molecule has 0 bridgehead atoms. The zero-order valence-corrected chi connectivity index (χ0v) is 16.3. The minimum Gasteiger partial charge on any atom is -0.450 e. The van der Waals surface area contributed by atoms with Gasteiger partial charge >= 0.3 is 0 Å². The van der Waals surface area contributed by atoms with Crippen LogP contribution in [0.4, 0.5) is 10.1 Å². The van der Waals surface area contributed by atoms with Gasteiger partial charge in [-0.2, -0.15) is 0 Å². The van der Waals surface area contributed by atoms with Crippen LogP contribution in [-0.2, 0) is 4.79 Å². The maximum Gasteiger partial charge on any atom is 0.248 e. The minimum absolute atomic E-state index is 0.0256. The molecule has 1 aromatic heterocycles. The van der Waals surface area contributed by atoms with Gasteiger partial charge in [0.15, 0.2) is 5.76 Å². The van der Waals surface area contributed by atoms with E-state index >= 15 is 0 Å². The molecule has 4 nitrogen and oxygen atoms in total. The number of nitrogens with one attached hydrogen (secondary N) is 1. The Hall–Kier alpha value is -3.70. The second-order valence-electron chi connectivity index (χ2n) is 6.48. The van der Waals surface area contributed by atoms with Crippen molar-refractivity contribution in [2.24, 2.45) is 0 Å². The van der Waals surface area contributed by atoms with Crippen LogP contribution in [0, 0.1) is 5.82 Å². The maximum absolute atomic E-state index is 13.2. The third-order valence-corrected chi connectivity index (χ3v) is 4.82. The summed E-state index contributed by atoms with van der Waals surface area (Å²) < 4.78 is 18.9. The van der Waals surface area contributed by atoms with E-state index in [1.165, 1.54) is 30.3 Å². The third-order valence-electron chi connectivity index (χ3n) is 4.48. The quantitative estimate of drug-likeness (QED) is 0.313. The monoisotopic (exact) mass is 419 g/mol. The van der Waals surface area contributed by atoms with E-state index in [1.54, 1.807) is 48.5 Å². The van der Waals surface area contributed by atoms with E-state index in [1.807, 2.05) is 6.07 Å². The first-order valence-electron chi connectivity index (χ1n) is 9.08. The number of hydrogen-bond donors (Lipinski definition) is 1. The SMILES string of the molecule is O=C(/C=C/c1ccccc1Cl)Nc1c(C(=O)c2ccc(F)cc2)oc2ccccc12. The van der Waals surface area contributed by atoms with E-state index in [-0.39, 0.29) is 17.0 Å². The van der Waals surface area contributed by atoms with Crippen molar-refractivity contribution in [2.75, 3.05) is 5.32 Å². The Morgan fingerprint density at radius 3 is 2.40 bits per heavy atom. The molecule has 0 saturated carbocycles. The van der Waals surface area contributed by atoms with Gasteiger partial charge in [0.2, 0.25) is 11.7 Å². The van der Waals surface area contributed by atoms with Gasteiger partial charge in [-0.3, -0.25) is 9.59 Å². The summed E-state index contributed by atoms with van der Waals surface area (Å²) in [5.74, 6) is -1.39. The van der Waals surface area contributed by atoms with Gasteiger partial charge in [-0.1, -0.05) is 41.9 Å². The molecule has 0 unspecified atom stereocenters. The summed E-state index contributed by atoms with van der Waals surface area (Å²) in [5.41, 5.74) is 1.65. The number of rotatable bonds is 5. The van der Waals surface area contributed by atoms with Crippen molar-refractivity contribution in [3.63, 3.8) is 0 Å². The summed E-state index contributed by atoms with van der Waals surface area (Å²) >= 11 is 6.10. The average Bonchev–Trinajstić information content (AvgIpc) is 3.11. The van der Waals surface area contributed by atoms with Gasteiger partial charge in [0, 0.05) is 22.0 Å². The number of carbonyl (C=O) groups is 2. The first kappa shape index (κ1) is 19.6. The smallest absolute Gasteiger partial charge is 0.248 e. The Kier molecular flexibility index (Phi) is 5.46. The number of fused-ring (bicyclic) bond motifs is 1. The van der Waals surface area contributed by atoms with Gasteiger partial charge in [0.1, 0.15) is 11.4 Å². The molecule has 1 heterocycles. The van der Waals surface area contributed by atoms with Crippen LogP contribution in [0.3, 0.4) is 0 Å². The van der Waals surface area contributed by atoms with E-state index in [4.69, 9.17) is 16.0 Å². The van der Waals surface area contributed by atoms with Crippen LogP contribution in [0.2, 0.25) is 5.02 Å². The molecule has 0 atom stereocenters. The number of amides is 1. The maximum atomic E-state index is 13.2. The first-order chi connectivity index (χ1) is 14.5. The van der Waals surface area contributed by atoms with E-state index in [2.05, 4.69) is 5.32 Å². The molecule has 0 radical (unpaired) electrons. The zero-order valence-electron chi connectivity index (χ0n) is 15.6. The number of ketones is 1. The number of benzene rings is 3. The topological polar surface area (TPSA) is 59.3 Å². The second-order valence-corrected chi connectivity index (χ2v) is 6.89. The molecule has 1 amide bonds. The Labute approximate surface area is 176 Å². The van der Waals surface area contributed by atoms with Gasteiger partial charge in [0.25, 0.3) is 0 Å². The van der Waals surface area contributed by atoms with Gasteiger partial charge in [-0.25, -0.2) is 4.39 Å². The minimum atomic E-state index is -0.461. The summed E-state index contributed by atoms with van der Waals surface area (Å²) in [6.45, 7) is 0. The van der Waals surface area contributed by atoms with Gasteiger partial charge < -0.3 is 9.73 Å². The van der Waals surface area contributed by atoms with Crippen LogP contribution in [0.25, 0.3) is 17.0 Å². The average molecular weight is 420 g/mol. The Morgan fingerprint density at radius 1 is 0.933 bits per heavy atom. The molecule has 0 aliphatic carbocycles. The Bertz CT molecular complexity index is 1280. The van der Waals surface area contributed by atoms with Crippen molar-refractivity contribution in [3.8, 4) is 0 Å². The predicted molar refractivity (Wildman–Crippen MR) is 115 cm³/mol. The highest BCUT2D eigenvalue weighted by Gasteiger charge is 2.23. The number of hydrogen-bond acceptors (Lipinski definition) is 3. The molecule has 0 aliphatic heterocycles. The summed E-state index contributed by atoms with van der Waals surface area (Å²) in [4.78, 5) is 25.5. The lowest BCUT2D eigenvalue weighted by Crippen LogP contribution is -2.11.